The van der Waals surface area contributed by atoms with Crippen LogP contribution in [0, 0.1) is 0 Å². The molecule has 0 spiro atoms. The number of fused-ring (bicyclic) bond motifs is 3. The van der Waals surface area contributed by atoms with Gasteiger partial charge in [-0.25, -0.2) is 0 Å². The Balaban J connectivity index is 1.72. The second-order valence-corrected chi connectivity index (χ2v) is 9.44. The Bertz CT molecular complexity index is 1110. The van der Waals surface area contributed by atoms with Crippen LogP contribution in [-0.2, 0) is 18.3 Å². The fraction of sp³-hybridized carbons (Fsp3) is 0.273. The standard InChI is InChI=1S/C33H34/c1-3-5-11-25-17-21-27(22-18-25)33(28-23-19-26(20-24-28)12-6-4-2)31-15-9-7-13-29(31)30-14-8-10-16-32(30)33/h7-10,13-24H,3-6,11-12H2,1-2H3. The summed E-state index contributed by atoms with van der Waals surface area (Å²) < 4.78 is 0. The van der Waals surface area contributed by atoms with E-state index in [2.05, 4.69) is 111 Å². The van der Waals surface area contributed by atoms with Crippen molar-refractivity contribution in [2.24, 2.45) is 0 Å². The number of aryl methyl sites for hydroxylation is 2. The fourth-order valence-electron chi connectivity index (χ4n) is 5.63. The molecule has 0 N–H and O–H groups in total. The first kappa shape index (κ1) is 21.7. The van der Waals surface area contributed by atoms with Gasteiger partial charge in [0.2, 0.25) is 0 Å². The third-order valence-electron chi connectivity index (χ3n) is 7.36. The number of hydrogen-bond donors (Lipinski definition) is 0. The third kappa shape index (κ3) is 3.72. The zero-order valence-electron chi connectivity index (χ0n) is 20.0. The summed E-state index contributed by atoms with van der Waals surface area (Å²) >= 11 is 0. The van der Waals surface area contributed by atoms with Gasteiger partial charge in [-0.2, -0.15) is 0 Å². The molecule has 166 valence electrons. The van der Waals surface area contributed by atoms with Crippen LogP contribution in [0.2, 0.25) is 0 Å². The molecule has 0 heterocycles. The Hall–Kier alpha value is -3.12. The molecule has 33 heavy (non-hydrogen) atoms. The SMILES string of the molecule is CCCCc1ccc(C2(c3ccc(CCCC)cc3)c3ccccc3-c3ccccc32)cc1. The molecular formula is C33H34. The predicted octanol–water partition coefficient (Wildman–Crippen LogP) is 8.73. The molecule has 0 aromatic heterocycles. The van der Waals surface area contributed by atoms with Crippen molar-refractivity contribution in [1.29, 1.82) is 0 Å². The van der Waals surface area contributed by atoms with Crippen LogP contribution in [0.25, 0.3) is 11.1 Å². The van der Waals surface area contributed by atoms with E-state index in [1.54, 1.807) is 0 Å². The maximum atomic E-state index is 2.38. The van der Waals surface area contributed by atoms with Crippen LogP contribution in [0.4, 0.5) is 0 Å². The van der Waals surface area contributed by atoms with Crippen molar-refractivity contribution in [3.05, 3.63) is 130 Å². The second-order valence-electron chi connectivity index (χ2n) is 9.44. The minimum Gasteiger partial charge on any atom is -0.0654 e. The largest absolute Gasteiger partial charge is 0.0713 e. The predicted molar refractivity (Wildman–Crippen MR) is 141 cm³/mol. The summed E-state index contributed by atoms with van der Waals surface area (Å²) in [5.74, 6) is 0. The zero-order chi connectivity index (χ0) is 22.7. The molecule has 0 aliphatic heterocycles. The lowest BCUT2D eigenvalue weighted by Gasteiger charge is -2.34. The zero-order valence-corrected chi connectivity index (χ0v) is 20.0. The van der Waals surface area contributed by atoms with E-state index >= 15 is 0 Å². The van der Waals surface area contributed by atoms with E-state index in [1.165, 1.54) is 70.2 Å². The highest BCUT2D eigenvalue weighted by Crippen LogP contribution is 2.55. The molecule has 0 amide bonds. The van der Waals surface area contributed by atoms with Crippen LogP contribution >= 0.6 is 0 Å². The van der Waals surface area contributed by atoms with Gasteiger partial charge < -0.3 is 0 Å². The first-order valence-electron chi connectivity index (χ1n) is 12.7. The molecule has 5 rings (SSSR count). The summed E-state index contributed by atoms with van der Waals surface area (Å²) in [5, 5.41) is 0. The van der Waals surface area contributed by atoms with Crippen molar-refractivity contribution >= 4 is 0 Å². The Labute approximate surface area is 199 Å². The fourth-order valence-corrected chi connectivity index (χ4v) is 5.63. The van der Waals surface area contributed by atoms with Gasteiger partial charge in [-0.1, -0.05) is 124 Å². The molecule has 1 aliphatic rings. The quantitative estimate of drug-likeness (QED) is 0.231. The minimum absolute atomic E-state index is 0.278. The van der Waals surface area contributed by atoms with E-state index in [1.807, 2.05) is 0 Å². The maximum Gasteiger partial charge on any atom is 0.0713 e. The minimum atomic E-state index is -0.278. The van der Waals surface area contributed by atoms with E-state index in [0.29, 0.717) is 0 Å². The summed E-state index contributed by atoms with van der Waals surface area (Å²) in [6.45, 7) is 4.53. The van der Waals surface area contributed by atoms with Gasteiger partial charge >= 0.3 is 0 Å². The van der Waals surface area contributed by atoms with Gasteiger partial charge in [0.15, 0.2) is 0 Å². The van der Waals surface area contributed by atoms with Gasteiger partial charge in [0.05, 0.1) is 5.41 Å². The average molecular weight is 431 g/mol. The highest BCUT2D eigenvalue weighted by molar-refractivity contribution is 5.86. The van der Waals surface area contributed by atoms with Crippen molar-refractivity contribution in [2.45, 2.75) is 57.8 Å². The van der Waals surface area contributed by atoms with E-state index in [9.17, 15) is 0 Å². The monoisotopic (exact) mass is 430 g/mol. The third-order valence-corrected chi connectivity index (χ3v) is 7.36. The highest BCUT2D eigenvalue weighted by Gasteiger charge is 2.45. The van der Waals surface area contributed by atoms with Gasteiger partial charge in [0.25, 0.3) is 0 Å². The summed E-state index contributed by atoms with van der Waals surface area (Å²) in [7, 11) is 0. The maximum absolute atomic E-state index is 2.38. The molecule has 0 heteroatoms. The van der Waals surface area contributed by atoms with E-state index < -0.39 is 0 Å². The van der Waals surface area contributed by atoms with Gasteiger partial charge in [-0.05, 0) is 70.2 Å². The number of unbranched alkanes of at least 4 members (excludes halogenated alkanes) is 2. The summed E-state index contributed by atoms with van der Waals surface area (Å²) in [6.07, 6.45) is 7.27. The molecule has 4 aromatic carbocycles. The van der Waals surface area contributed by atoms with E-state index in [-0.39, 0.29) is 5.41 Å². The second kappa shape index (κ2) is 9.40. The molecule has 0 saturated heterocycles. The topological polar surface area (TPSA) is 0 Å². The van der Waals surface area contributed by atoms with Crippen LogP contribution in [0.15, 0.2) is 97.1 Å². The summed E-state index contributed by atoms with van der Waals surface area (Å²) in [6, 6.07) is 37.0. The molecule has 0 unspecified atom stereocenters. The Kier molecular flexibility index (Phi) is 6.18. The van der Waals surface area contributed by atoms with Gasteiger partial charge in [-0.3, -0.25) is 0 Å². The number of hydrogen-bond acceptors (Lipinski definition) is 0. The molecule has 4 aromatic rings. The average Bonchev–Trinajstić information content (AvgIpc) is 3.18. The van der Waals surface area contributed by atoms with Gasteiger partial charge in [0, 0.05) is 0 Å². The highest BCUT2D eigenvalue weighted by atomic mass is 14.5. The number of benzene rings is 4. The Morgan fingerprint density at radius 2 is 0.879 bits per heavy atom. The van der Waals surface area contributed by atoms with Crippen molar-refractivity contribution in [1.82, 2.24) is 0 Å². The van der Waals surface area contributed by atoms with Crippen LogP contribution in [0.3, 0.4) is 0 Å². The molecular weight excluding hydrogens is 396 g/mol. The molecule has 0 radical (unpaired) electrons. The molecule has 0 fully saturated rings. The van der Waals surface area contributed by atoms with Crippen LogP contribution in [0.5, 0.6) is 0 Å². The summed E-state index contributed by atoms with van der Waals surface area (Å²) in [4.78, 5) is 0. The van der Waals surface area contributed by atoms with Crippen LogP contribution in [0.1, 0.15) is 72.9 Å². The molecule has 0 bridgehead atoms. The van der Waals surface area contributed by atoms with Crippen LogP contribution in [-0.4, -0.2) is 0 Å². The normalized spacial score (nSPS) is 13.5. The lowest BCUT2D eigenvalue weighted by Crippen LogP contribution is -2.28. The summed E-state index contributed by atoms with van der Waals surface area (Å²) in [5.41, 5.74) is 10.8. The lowest BCUT2D eigenvalue weighted by atomic mass is 9.67. The molecule has 0 saturated carbocycles. The Morgan fingerprint density at radius 1 is 0.485 bits per heavy atom. The van der Waals surface area contributed by atoms with Crippen molar-refractivity contribution in [3.63, 3.8) is 0 Å². The first-order valence-corrected chi connectivity index (χ1v) is 12.7. The molecule has 0 nitrogen and oxygen atoms in total. The number of rotatable bonds is 8. The first-order chi connectivity index (χ1) is 16.3. The van der Waals surface area contributed by atoms with E-state index in [0.717, 1.165) is 12.8 Å². The molecule has 0 atom stereocenters. The van der Waals surface area contributed by atoms with Crippen LogP contribution < -0.4 is 0 Å². The smallest absolute Gasteiger partial charge is 0.0654 e. The van der Waals surface area contributed by atoms with Crippen molar-refractivity contribution < 1.29 is 0 Å². The van der Waals surface area contributed by atoms with Gasteiger partial charge in [-0.15, -0.1) is 0 Å². The van der Waals surface area contributed by atoms with E-state index in [4.69, 9.17) is 0 Å². The van der Waals surface area contributed by atoms with Gasteiger partial charge in [0.1, 0.15) is 0 Å². The van der Waals surface area contributed by atoms with Crippen molar-refractivity contribution in [2.75, 3.05) is 0 Å². The Morgan fingerprint density at radius 3 is 1.27 bits per heavy atom. The molecule has 1 aliphatic carbocycles. The lowest BCUT2D eigenvalue weighted by molar-refractivity contribution is 0.759. The van der Waals surface area contributed by atoms with Crippen molar-refractivity contribution in [3.8, 4) is 11.1 Å².